The summed E-state index contributed by atoms with van der Waals surface area (Å²) in [5.74, 6) is 0.790. The van der Waals surface area contributed by atoms with Crippen LogP contribution in [0.25, 0.3) is 0 Å². The molecule has 1 N–H and O–H groups in total. The molecule has 1 aliphatic rings. The van der Waals surface area contributed by atoms with E-state index in [1.807, 2.05) is 12.1 Å². The molecule has 0 bridgehead atoms. The molecule has 0 aliphatic carbocycles. The molecule has 0 aromatic heterocycles. The van der Waals surface area contributed by atoms with Crippen LogP contribution < -0.4 is 5.32 Å². The van der Waals surface area contributed by atoms with Crippen molar-refractivity contribution in [3.63, 3.8) is 0 Å². The van der Waals surface area contributed by atoms with Crippen LogP contribution in [0.5, 0.6) is 0 Å². The first-order valence-corrected chi connectivity index (χ1v) is 7.26. The summed E-state index contributed by atoms with van der Waals surface area (Å²) < 4.78 is 23.2. The summed E-state index contributed by atoms with van der Waals surface area (Å²) in [4.78, 5) is 0.422. The fraction of sp³-hybridized carbons (Fsp3) is 0.500. The zero-order valence-electron chi connectivity index (χ0n) is 9.60. The highest BCUT2D eigenvalue weighted by Crippen LogP contribution is 2.29. The van der Waals surface area contributed by atoms with Gasteiger partial charge >= 0.3 is 0 Å². The molecule has 1 aromatic carbocycles. The summed E-state index contributed by atoms with van der Waals surface area (Å²) in [6.07, 6.45) is 0. The molecule has 16 heavy (non-hydrogen) atoms. The molecule has 3 nitrogen and oxygen atoms in total. The molecule has 0 radical (unpaired) electrons. The van der Waals surface area contributed by atoms with Gasteiger partial charge in [-0.25, -0.2) is 8.42 Å². The second kappa shape index (κ2) is 4.18. The van der Waals surface area contributed by atoms with Crippen LogP contribution in [0.3, 0.4) is 0 Å². The first kappa shape index (κ1) is 11.6. The number of sulfone groups is 1. The number of hydrogen-bond donors (Lipinski definition) is 1. The molecule has 4 heteroatoms. The highest BCUT2D eigenvalue weighted by molar-refractivity contribution is 7.91. The molecule has 1 aromatic rings. The minimum Gasteiger partial charge on any atom is -0.309 e. The number of hydrogen-bond acceptors (Lipinski definition) is 3. The molecule has 0 amide bonds. The number of nitrogens with one attached hydrogen (secondary N) is 1. The minimum atomic E-state index is -3.06. The van der Waals surface area contributed by atoms with Crippen molar-refractivity contribution in [1.82, 2.24) is 5.32 Å². The summed E-state index contributed by atoms with van der Waals surface area (Å²) in [7, 11) is -3.06. The van der Waals surface area contributed by atoms with Gasteiger partial charge in [0, 0.05) is 12.6 Å². The predicted molar refractivity (Wildman–Crippen MR) is 64.1 cm³/mol. The number of rotatable bonds is 3. The largest absolute Gasteiger partial charge is 0.309 e. The average molecular weight is 239 g/mol. The Labute approximate surface area is 96.8 Å². The monoisotopic (exact) mass is 239 g/mol. The maximum Gasteiger partial charge on any atom is 0.178 e. The van der Waals surface area contributed by atoms with Crippen LogP contribution in [0, 0.1) is 5.92 Å². The Balaban J connectivity index is 2.23. The fourth-order valence-electron chi connectivity index (χ4n) is 1.97. The van der Waals surface area contributed by atoms with E-state index in [0.29, 0.717) is 16.9 Å². The van der Waals surface area contributed by atoms with Gasteiger partial charge in [0.25, 0.3) is 0 Å². The Morgan fingerprint density at radius 1 is 1.31 bits per heavy atom. The summed E-state index contributed by atoms with van der Waals surface area (Å²) in [5.41, 5.74) is 1.17. The standard InChI is InChI=1S/C12H17NO2S/c1-3-16(14,15)11-6-4-10(5-7-11)12-9(2)8-13-12/h4-7,9,12-13H,3,8H2,1-2H3. The third-order valence-electron chi connectivity index (χ3n) is 3.21. The molecule has 2 rings (SSSR count). The average Bonchev–Trinajstić information content (AvgIpc) is 2.28. The Kier molecular flexibility index (Phi) is 3.04. The van der Waals surface area contributed by atoms with Gasteiger partial charge in [0.1, 0.15) is 0 Å². The van der Waals surface area contributed by atoms with Gasteiger partial charge in [-0.05, 0) is 23.6 Å². The van der Waals surface area contributed by atoms with Crippen molar-refractivity contribution in [3.8, 4) is 0 Å². The van der Waals surface area contributed by atoms with Gasteiger partial charge in [-0.2, -0.15) is 0 Å². The van der Waals surface area contributed by atoms with Crippen LogP contribution in [0.15, 0.2) is 29.2 Å². The molecule has 1 heterocycles. The zero-order valence-corrected chi connectivity index (χ0v) is 10.4. The molecule has 1 aliphatic heterocycles. The van der Waals surface area contributed by atoms with Crippen molar-refractivity contribution in [2.24, 2.45) is 5.92 Å². The van der Waals surface area contributed by atoms with Crippen molar-refractivity contribution in [2.75, 3.05) is 12.3 Å². The van der Waals surface area contributed by atoms with E-state index in [1.54, 1.807) is 19.1 Å². The molecule has 1 saturated heterocycles. The van der Waals surface area contributed by atoms with Crippen LogP contribution in [-0.4, -0.2) is 20.7 Å². The van der Waals surface area contributed by atoms with Crippen LogP contribution in [-0.2, 0) is 9.84 Å². The topological polar surface area (TPSA) is 46.2 Å². The van der Waals surface area contributed by atoms with E-state index in [-0.39, 0.29) is 5.75 Å². The zero-order chi connectivity index (χ0) is 11.8. The lowest BCUT2D eigenvalue weighted by Gasteiger charge is -2.36. The van der Waals surface area contributed by atoms with Gasteiger partial charge in [-0.3, -0.25) is 0 Å². The number of benzene rings is 1. The Morgan fingerprint density at radius 3 is 2.31 bits per heavy atom. The SMILES string of the molecule is CCS(=O)(=O)c1ccc(C2NCC2C)cc1. The summed E-state index contributed by atoms with van der Waals surface area (Å²) >= 11 is 0. The van der Waals surface area contributed by atoms with E-state index < -0.39 is 9.84 Å². The van der Waals surface area contributed by atoms with E-state index in [4.69, 9.17) is 0 Å². The molecule has 0 saturated carbocycles. The van der Waals surface area contributed by atoms with E-state index in [2.05, 4.69) is 12.2 Å². The second-order valence-electron chi connectivity index (χ2n) is 4.34. The Hall–Kier alpha value is -0.870. The molecular formula is C12H17NO2S. The smallest absolute Gasteiger partial charge is 0.178 e. The quantitative estimate of drug-likeness (QED) is 0.874. The summed E-state index contributed by atoms with van der Waals surface area (Å²) in [6, 6.07) is 7.63. The van der Waals surface area contributed by atoms with Crippen LogP contribution in [0.2, 0.25) is 0 Å². The fourth-order valence-corrected chi connectivity index (χ4v) is 2.85. The van der Waals surface area contributed by atoms with Crippen molar-refractivity contribution in [2.45, 2.75) is 24.8 Å². The second-order valence-corrected chi connectivity index (χ2v) is 6.61. The van der Waals surface area contributed by atoms with Crippen molar-refractivity contribution in [1.29, 1.82) is 0 Å². The first-order valence-electron chi connectivity index (χ1n) is 5.60. The van der Waals surface area contributed by atoms with E-state index in [9.17, 15) is 8.42 Å². The lowest BCUT2D eigenvalue weighted by molar-refractivity contribution is 0.258. The highest BCUT2D eigenvalue weighted by atomic mass is 32.2. The van der Waals surface area contributed by atoms with Crippen LogP contribution in [0.4, 0.5) is 0 Å². The highest BCUT2D eigenvalue weighted by Gasteiger charge is 2.27. The van der Waals surface area contributed by atoms with Crippen molar-refractivity contribution >= 4 is 9.84 Å². The van der Waals surface area contributed by atoms with Gasteiger partial charge in [-0.15, -0.1) is 0 Å². The lowest BCUT2D eigenvalue weighted by atomic mass is 9.88. The van der Waals surface area contributed by atoms with Crippen molar-refractivity contribution in [3.05, 3.63) is 29.8 Å². The molecule has 0 spiro atoms. The Morgan fingerprint density at radius 2 is 1.94 bits per heavy atom. The third kappa shape index (κ3) is 1.99. The first-order chi connectivity index (χ1) is 7.54. The van der Waals surface area contributed by atoms with Crippen LogP contribution >= 0.6 is 0 Å². The third-order valence-corrected chi connectivity index (χ3v) is 4.96. The van der Waals surface area contributed by atoms with Gasteiger partial charge in [-0.1, -0.05) is 26.0 Å². The minimum absolute atomic E-state index is 0.157. The van der Waals surface area contributed by atoms with Crippen LogP contribution in [0.1, 0.15) is 25.5 Å². The molecule has 88 valence electrons. The molecule has 2 unspecified atom stereocenters. The lowest BCUT2D eigenvalue weighted by Crippen LogP contribution is -2.43. The van der Waals surface area contributed by atoms with E-state index in [1.165, 1.54) is 5.56 Å². The summed E-state index contributed by atoms with van der Waals surface area (Å²) in [6.45, 7) is 4.90. The van der Waals surface area contributed by atoms with Gasteiger partial charge in [0.05, 0.1) is 10.6 Å². The van der Waals surface area contributed by atoms with Gasteiger partial charge in [0.2, 0.25) is 0 Å². The maximum absolute atomic E-state index is 11.6. The maximum atomic E-state index is 11.6. The van der Waals surface area contributed by atoms with Crippen molar-refractivity contribution < 1.29 is 8.42 Å². The Bertz CT molecular complexity index is 464. The van der Waals surface area contributed by atoms with Gasteiger partial charge in [0.15, 0.2) is 9.84 Å². The summed E-state index contributed by atoms with van der Waals surface area (Å²) in [5, 5.41) is 3.33. The van der Waals surface area contributed by atoms with Gasteiger partial charge < -0.3 is 5.32 Å². The van der Waals surface area contributed by atoms with E-state index in [0.717, 1.165) is 6.54 Å². The normalized spacial score (nSPS) is 25.1. The predicted octanol–water partition coefficient (Wildman–Crippen LogP) is 1.76. The van der Waals surface area contributed by atoms with E-state index >= 15 is 0 Å². The molecule has 1 fully saturated rings. The molecular weight excluding hydrogens is 222 g/mol. The molecule has 2 atom stereocenters.